The highest BCUT2D eigenvalue weighted by molar-refractivity contribution is 7.91. The topological polar surface area (TPSA) is 117 Å². The number of sulfone groups is 1. The number of nitrogens with zero attached hydrogens (tertiary/aromatic N) is 3. The highest BCUT2D eigenvalue weighted by Crippen LogP contribution is 2.27. The zero-order valence-electron chi connectivity index (χ0n) is 14.3. The molecule has 1 aliphatic rings. The highest BCUT2D eigenvalue weighted by Gasteiger charge is 2.31. The lowest BCUT2D eigenvalue weighted by atomic mass is 10.2. The van der Waals surface area contributed by atoms with Gasteiger partial charge in [-0.25, -0.2) is 13.1 Å². The van der Waals surface area contributed by atoms with E-state index in [-0.39, 0.29) is 30.0 Å². The molecule has 2 heterocycles. The summed E-state index contributed by atoms with van der Waals surface area (Å²) in [4.78, 5) is 12.2. The minimum atomic E-state index is -3.04. The molecule has 9 heteroatoms. The standard InChI is InChI=1S/C17H19N5O3S/c1-12-8-16(22(21-12)15-6-7-26(24,25)11-15)20-17(23)10-19-14-4-2-13(9-18)3-5-14/h2-5,8,15,19H,6-7,10-11H2,1H3,(H,20,23). The van der Waals surface area contributed by atoms with Gasteiger partial charge in [0, 0.05) is 11.8 Å². The average Bonchev–Trinajstić information content (AvgIpc) is 3.15. The van der Waals surface area contributed by atoms with Crippen LogP contribution in [0.15, 0.2) is 30.3 Å². The first-order valence-electron chi connectivity index (χ1n) is 8.17. The number of hydrogen-bond acceptors (Lipinski definition) is 6. The van der Waals surface area contributed by atoms with Crippen molar-refractivity contribution < 1.29 is 13.2 Å². The van der Waals surface area contributed by atoms with Gasteiger partial charge in [-0.15, -0.1) is 0 Å². The van der Waals surface area contributed by atoms with Crippen LogP contribution in [0.1, 0.15) is 23.7 Å². The fourth-order valence-corrected chi connectivity index (χ4v) is 4.58. The Morgan fingerprint density at radius 3 is 2.73 bits per heavy atom. The van der Waals surface area contributed by atoms with Gasteiger partial charge in [0.25, 0.3) is 0 Å². The fraction of sp³-hybridized carbons (Fsp3) is 0.353. The van der Waals surface area contributed by atoms with E-state index in [4.69, 9.17) is 5.26 Å². The molecule has 1 aromatic heterocycles. The summed E-state index contributed by atoms with van der Waals surface area (Å²) in [5.41, 5.74) is 1.99. The quantitative estimate of drug-likeness (QED) is 0.820. The third-order valence-corrected chi connectivity index (χ3v) is 5.90. The van der Waals surface area contributed by atoms with Gasteiger partial charge < -0.3 is 10.6 Å². The monoisotopic (exact) mass is 373 g/mol. The Morgan fingerprint density at radius 1 is 1.38 bits per heavy atom. The Bertz CT molecular complexity index is 957. The number of nitrogens with one attached hydrogen (secondary N) is 2. The molecule has 1 unspecified atom stereocenters. The fourth-order valence-electron chi connectivity index (χ4n) is 2.89. The van der Waals surface area contributed by atoms with Crippen molar-refractivity contribution in [3.63, 3.8) is 0 Å². The maximum atomic E-state index is 12.2. The molecule has 2 aromatic rings. The number of aryl methyl sites for hydroxylation is 1. The maximum Gasteiger partial charge on any atom is 0.244 e. The van der Waals surface area contributed by atoms with Crippen LogP contribution in [0.3, 0.4) is 0 Å². The third-order valence-electron chi connectivity index (χ3n) is 4.15. The molecule has 1 aromatic carbocycles. The molecule has 1 atom stereocenters. The van der Waals surface area contributed by atoms with Crippen molar-refractivity contribution >= 4 is 27.2 Å². The molecule has 136 valence electrons. The van der Waals surface area contributed by atoms with Crippen LogP contribution in [-0.2, 0) is 14.6 Å². The van der Waals surface area contributed by atoms with E-state index >= 15 is 0 Å². The Hall–Kier alpha value is -2.86. The van der Waals surface area contributed by atoms with E-state index in [1.165, 1.54) is 0 Å². The second-order valence-corrected chi connectivity index (χ2v) is 8.49. The van der Waals surface area contributed by atoms with Crippen molar-refractivity contribution in [2.75, 3.05) is 28.7 Å². The SMILES string of the molecule is Cc1cc(NC(=O)CNc2ccc(C#N)cc2)n(C2CCS(=O)(=O)C2)n1. The lowest BCUT2D eigenvalue weighted by Crippen LogP contribution is -2.24. The first-order valence-corrected chi connectivity index (χ1v) is 9.99. The van der Waals surface area contributed by atoms with Crippen molar-refractivity contribution in [2.24, 2.45) is 0 Å². The van der Waals surface area contributed by atoms with Crippen LogP contribution in [0.25, 0.3) is 0 Å². The van der Waals surface area contributed by atoms with Gasteiger partial charge in [0.05, 0.1) is 41.4 Å². The molecule has 8 nitrogen and oxygen atoms in total. The van der Waals surface area contributed by atoms with E-state index in [0.717, 1.165) is 5.69 Å². The molecule has 0 radical (unpaired) electrons. The molecule has 1 aliphatic heterocycles. The van der Waals surface area contributed by atoms with E-state index in [2.05, 4.69) is 15.7 Å². The normalized spacial score (nSPS) is 18.2. The summed E-state index contributed by atoms with van der Waals surface area (Å²) in [5.74, 6) is 0.414. The van der Waals surface area contributed by atoms with Crippen molar-refractivity contribution in [3.8, 4) is 6.07 Å². The Morgan fingerprint density at radius 2 is 2.12 bits per heavy atom. The van der Waals surface area contributed by atoms with Gasteiger partial charge in [-0.3, -0.25) is 4.79 Å². The van der Waals surface area contributed by atoms with Gasteiger partial charge >= 0.3 is 0 Å². The summed E-state index contributed by atoms with van der Waals surface area (Å²) in [6.45, 7) is 1.84. The van der Waals surface area contributed by atoms with Crippen LogP contribution in [0.5, 0.6) is 0 Å². The van der Waals surface area contributed by atoms with Crippen LogP contribution >= 0.6 is 0 Å². The van der Waals surface area contributed by atoms with Crippen molar-refractivity contribution in [1.82, 2.24) is 9.78 Å². The lowest BCUT2D eigenvalue weighted by molar-refractivity contribution is -0.114. The van der Waals surface area contributed by atoms with Gasteiger partial charge in [-0.1, -0.05) is 0 Å². The molecule has 1 saturated heterocycles. The number of nitriles is 1. The molecule has 26 heavy (non-hydrogen) atoms. The van der Waals surface area contributed by atoms with Gasteiger partial charge in [-0.2, -0.15) is 10.4 Å². The summed E-state index contributed by atoms with van der Waals surface area (Å²) in [5, 5.41) is 18.9. The number of anilines is 2. The lowest BCUT2D eigenvalue weighted by Gasteiger charge is -2.14. The zero-order valence-corrected chi connectivity index (χ0v) is 15.1. The number of hydrogen-bond donors (Lipinski definition) is 2. The second-order valence-electron chi connectivity index (χ2n) is 6.26. The van der Waals surface area contributed by atoms with Gasteiger partial charge in [0.15, 0.2) is 9.84 Å². The number of amides is 1. The van der Waals surface area contributed by atoms with E-state index < -0.39 is 9.84 Å². The number of carbonyl (C=O) groups is 1. The van der Waals surface area contributed by atoms with Crippen LogP contribution < -0.4 is 10.6 Å². The van der Waals surface area contributed by atoms with Crippen LogP contribution in [0.4, 0.5) is 11.5 Å². The molecular formula is C17H19N5O3S. The molecule has 3 rings (SSSR count). The summed E-state index contributed by atoms with van der Waals surface area (Å²) < 4.78 is 25.0. The Kier molecular flexibility index (Phi) is 4.95. The summed E-state index contributed by atoms with van der Waals surface area (Å²) in [6, 6.07) is 10.3. The average molecular weight is 373 g/mol. The number of aromatic nitrogens is 2. The Balaban J connectivity index is 1.63. The minimum absolute atomic E-state index is 0.0408. The molecule has 0 bridgehead atoms. The van der Waals surface area contributed by atoms with Crippen molar-refractivity contribution in [3.05, 3.63) is 41.6 Å². The van der Waals surface area contributed by atoms with E-state index in [1.54, 1.807) is 41.9 Å². The molecule has 0 saturated carbocycles. The van der Waals surface area contributed by atoms with Gasteiger partial charge in [0.2, 0.25) is 5.91 Å². The first kappa shape index (κ1) is 17.9. The predicted octanol–water partition coefficient (Wildman–Crippen LogP) is 1.47. The van der Waals surface area contributed by atoms with Crippen LogP contribution in [0.2, 0.25) is 0 Å². The molecule has 1 amide bonds. The summed E-state index contributed by atoms with van der Waals surface area (Å²) in [6.07, 6.45) is 0.496. The molecular weight excluding hydrogens is 354 g/mol. The minimum Gasteiger partial charge on any atom is -0.376 e. The predicted molar refractivity (Wildman–Crippen MR) is 97.5 cm³/mol. The second kappa shape index (κ2) is 7.17. The largest absolute Gasteiger partial charge is 0.376 e. The number of rotatable bonds is 5. The van der Waals surface area contributed by atoms with E-state index in [1.807, 2.05) is 6.07 Å². The van der Waals surface area contributed by atoms with E-state index in [9.17, 15) is 13.2 Å². The maximum absolute atomic E-state index is 12.2. The summed E-state index contributed by atoms with van der Waals surface area (Å²) in [7, 11) is -3.04. The summed E-state index contributed by atoms with van der Waals surface area (Å²) >= 11 is 0. The smallest absolute Gasteiger partial charge is 0.244 e. The van der Waals surface area contributed by atoms with Crippen molar-refractivity contribution in [1.29, 1.82) is 5.26 Å². The molecule has 0 spiro atoms. The van der Waals surface area contributed by atoms with Gasteiger partial charge in [-0.05, 0) is 37.6 Å². The highest BCUT2D eigenvalue weighted by atomic mass is 32.2. The zero-order chi connectivity index (χ0) is 18.7. The van der Waals surface area contributed by atoms with Crippen LogP contribution in [-0.4, -0.2) is 42.2 Å². The number of carbonyl (C=O) groups excluding carboxylic acids is 1. The first-order chi connectivity index (χ1) is 12.4. The molecule has 1 fully saturated rings. The van der Waals surface area contributed by atoms with E-state index in [0.29, 0.717) is 23.5 Å². The Labute approximate surface area is 151 Å². The van der Waals surface area contributed by atoms with Gasteiger partial charge in [0.1, 0.15) is 5.82 Å². The third kappa shape index (κ3) is 4.21. The number of benzene rings is 1. The van der Waals surface area contributed by atoms with Crippen molar-refractivity contribution in [2.45, 2.75) is 19.4 Å². The van der Waals surface area contributed by atoms with Crippen LogP contribution in [0, 0.1) is 18.3 Å². The molecule has 0 aliphatic carbocycles. The molecule has 2 N–H and O–H groups in total.